The van der Waals surface area contributed by atoms with Crippen molar-refractivity contribution in [2.45, 2.75) is 5.41 Å². The van der Waals surface area contributed by atoms with Gasteiger partial charge in [-0.2, -0.15) is 0 Å². The Hall–Kier alpha value is -9.70. The van der Waals surface area contributed by atoms with Gasteiger partial charge in [-0.25, -0.2) is 0 Å². The van der Waals surface area contributed by atoms with Crippen molar-refractivity contribution in [2.75, 3.05) is 9.80 Å². The molecule has 0 saturated carbocycles. The Bertz CT molecular complexity index is 4480. The van der Waals surface area contributed by atoms with Crippen LogP contribution in [0.2, 0.25) is 0 Å². The van der Waals surface area contributed by atoms with E-state index in [4.69, 9.17) is 0 Å². The maximum Gasteiger partial charge on any atom is 0.0726 e. The molecule has 15 rings (SSSR count). The zero-order chi connectivity index (χ0) is 52.2. The van der Waals surface area contributed by atoms with Gasteiger partial charge < -0.3 is 14.4 Å². The molecule has 74 heavy (non-hydrogen) atoms. The van der Waals surface area contributed by atoms with E-state index in [0.717, 1.165) is 72.4 Å². The van der Waals surface area contributed by atoms with Crippen LogP contribution in [0.5, 0.6) is 0 Å². The summed E-state index contributed by atoms with van der Waals surface area (Å²) < 4.78 is 41.6. The Morgan fingerprint density at radius 2 is 0.770 bits per heavy atom. The highest BCUT2D eigenvalue weighted by Gasteiger charge is 2.51. The van der Waals surface area contributed by atoms with Crippen LogP contribution < -0.4 is 9.80 Å². The van der Waals surface area contributed by atoms with Gasteiger partial charge in [0.25, 0.3) is 0 Å². The smallest absolute Gasteiger partial charge is 0.0726 e. The van der Waals surface area contributed by atoms with Gasteiger partial charge >= 0.3 is 0 Å². The standard InChI is InChI=1S/C71H47N3/c1-4-18-52(19-5-1)72(58-40-42-62-61-26-12-16-30-67(61)71(68(62)47-58)65-28-14-10-24-59(65)60-25-11-15-29-66(60)71)55-37-34-48(35-38-55)49-32-33-51-45-56(39-36-50(51)44-49)73(53-20-6-2-7-21-53)57-41-43-70-64(46-57)63-27-13-17-31-69(63)74(70)54-22-8-3-9-23-54/h1-47H/i34D,35D,37D,38D. The first-order valence-electron chi connectivity index (χ1n) is 27.3. The SMILES string of the molecule is [2H]c1c([2H])c(N(c2ccccc2)c2ccc3c(c2)C2(c4ccccc4-c4ccccc42)c2ccccc2-3)c([2H])c([2H])c1-c1ccc2cc(N(c3ccccc3)c3ccc4c(c3)c3ccccc3n4-c3ccccc3)ccc2c1. The summed E-state index contributed by atoms with van der Waals surface area (Å²) in [5, 5.41) is 4.23. The first kappa shape index (κ1) is 38.0. The van der Waals surface area contributed by atoms with Crippen molar-refractivity contribution in [3.8, 4) is 39.1 Å². The van der Waals surface area contributed by atoms with E-state index in [1.807, 2.05) is 65.6 Å². The van der Waals surface area contributed by atoms with Gasteiger partial charge in [-0.15, -0.1) is 0 Å². The van der Waals surface area contributed by atoms with Crippen molar-refractivity contribution in [2.24, 2.45) is 0 Å². The molecule has 0 unspecified atom stereocenters. The van der Waals surface area contributed by atoms with Crippen LogP contribution in [0.1, 0.15) is 27.7 Å². The number of rotatable bonds is 8. The Labute approximate surface area is 436 Å². The number of hydrogen-bond acceptors (Lipinski definition) is 2. The van der Waals surface area contributed by atoms with Crippen LogP contribution in [0.15, 0.2) is 285 Å². The molecule has 0 fully saturated rings. The third kappa shape index (κ3) is 6.33. The molecule has 3 nitrogen and oxygen atoms in total. The predicted octanol–water partition coefficient (Wildman–Crippen LogP) is 18.9. The van der Waals surface area contributed by atoms with Gasteiger partial charge in [0.15, 0.2) is 0 Å². The molecule has 0 bridgehead atoms. The van der Waals surface area contributed by atoms with Crippen LogP contribution in [0, 0.1) is 0 Å². The molecule has 2 aliphatic rings. The van der Waals surface area contributed by atoms with E-state index < -0.39 is 5.41 Å². The molecule has 0 saturated heterocycles. The predicted molar refractivity (Wildman–Crippen MR) is 309 cm³/mol. The van der Waals surface area contributed by atoms with E-state index in [1.165, 1.54) is 38.8 Å². The molecule has 2 aliphatic carbocycles. The van der Waals surface area contributed by atoms with Crippen molar-refractivity contribution in [1.29, 1.82) is 0 Å². The number of para-hydroxylation sites is 4. The summed E-state index contributed by atoms with van der Waals surface area (Å²) in [6, 6.07) is 90.4. The third-order valence-electron chi connectivity index (χ3n) is 15.4. The lowest BCUT2D eigenvalue weighted by Gasteiger charge is -2.32. The lowest BCUT2D eigenvalue weighted by Crippen LogP contribution is -2.26. The van der Waals surface area contributed by atoms with Gasteiger partial charge in [0, 0.05) is 50.6 Å². The highest BCUT2D eigenvalue weighted by atomic mass is 15.1. The summed E-state index contributed by atoms with van der Waals surface area (Å²) in [4.78, 5) is 4.19. The summed E-state index contributed by atoms with van der Waals surface area (Å²) in [7, 11) is 0. The molecular formula is C71H47N3. The summed E-state index contributed by atoms with van der Waals surface area (Å²) in [6.07, 6.45) is 0. The number of anilines is 6. The molecule has 1 heterocycles. The second-order valence-electron chi connectivity index (χ2n) is 19.3. The lowest BCUT2D eigenvalue weighted by molar-refractivity contribution is 0.793. The number of fused-ring (bicyclic) bond motifs is 14. The molecule has 1 spiro atoms. The van der Waals surface area contributed by atoms with Crippen molar-refractivity contribution in [3.63, 3.8) is 0 Å². The van der Waals surface area contributed by atoms with Crippen LogP contribution in [-0.2, 0) is 5.41 Å². The molecule has 0 N–H and O–H groups in total. The van der Waals surface area contributed by atoms with E-state index in [0.29, 0.717) is 5.56 Å². The van der Waals surface area contributed by atoms with E-state index in [-0.39, 0.29) is 35.4 Å². The van der Waals surface area contributed by atoms with E-state index in [1.54, 1.807) is 0 Å². The normalized spacial score (nSPS) is 13.5. The average molecular weight is 946 g/mol. The van der Waals surface area contributed by atoms with Gasteiger partial charge in [-0.3, -0.25) is 0 Å². The first-order valence-corrected chi connectivity index (χ1v) is 25.3. The second kappa shape index (κ2) is 16.7. The molecule has 3 heteroatoms. The van der Waals surface area contributed by atoms with Crippen molar-refractivity contribution in [1.82, 2.24) is 4.57 Å². The Morgan fingerprint density at radius 3 is 1.43 bits per heavy atom. The van der Waals surface area contributed by atoms with Crippen LogP contribution in [0.25, 0.3) is 71.6 Å². The Morgan fingerprint density at radius 1 is 0.297 bits per heavy atom. The summed E-state index contributed by atoms with van der Waals surface area (Å²) in [5.74, 6) is 0. The van der Waals surface area contributed by atoms with Crippen LogP contribution in [0.3, 0.4) is 0 Å². The largest absolute Gasteiger partial charge is 0.310 e. The van der Waals surface area contributed by atoms with Gasteiger partial charge in [0.2, 0.25) is 0 Å². The fourth-order valence-electron chi connectivity index (χ4n) is 12.3. The molecule has 0 amide bonds. The quantitative estimate of drug-likeness (QED) is 0.150. The zero-order valence-corrected chi connectivity index (χ0v) is 40.2. The van der Waals surface area contributed by atoms with E-state index >= 15 is 0 Å². The summed E-state index contributed by atoms with van der Waals surface area (Å²) in [6.45, 7) is 0. The van der Waals surface area contributed by atoms with Crippen LogP contribution >= 0.6 is 0 Å². The minimum atomic E-state index is -0.605. The maximum absolute atomic E-state index is 9.87. The Balaban J connectivity index is 0.839. The molecule has 12 aromatic carbocycles. The molecule has 0 aliphatic heterocycles. The lowest BCUT2D eigenvalue weighted by atomic mass is 9.70. The number of hydrogen-bond donors (Lipinski definition) is 0. The average Bonchev–Trinajstić information content (AvgIpc) is 3.72. The molecule has 346 valence electrons. The summed E-state index contributed by atoms with van der Waals surface area (Å²) >= 11 is 0. The minimum Gasteiger partial charge on any atom is -0.310 e. The molecular weight excluding hydrogens is 895 g/mol. The minimum absolute atomic E-state index is 0.106. The molecule has 13 aromatic rings. The Kier molecular flexibility index (Phi) is 8.58. The van der Waals surface area contributed by atoms with Gasteiger partial charge in [0.1, 0.15) is 0 Å². The highest BCUT2D eigenvalue weighted by Crippen LogP contribution is 2.63. The summed E-state index contributed by atoms with van der Waals surface area (Å²) in [5.41, 5.74) is 17.8. The first-order chi connectivity index (χ1) is 38.4. The van der Waals surface area contributed by atoms with E-state index in [9.17, 15) is 5.48 Å². The number of benzene rings is 12. The van der Waals surface area contributed by atoms with Gasteiger partial charge in [-0.05, 0) is 169 Å². The van der Waals surface area contributed by atoms with Crippen molar-refractivity contribution < 1.29 is 5.48 Å². The van der Waals surface area contributed by atoms with Crippen molar-refractivity contribution >= 4 is 66.7 Å². The second-order valence-corrected chi connectivity index (χ2v) is 19.3. The van der Waals surface area contributed by atoms with Gasteiger partial charge in [0.05, 0.1) is 21.9 Å². The number of nitrogens with zero attached hydrogens (tertiary/aromatic N) is 3. The molecule has 1 aromatic heterocycles. The fourth-order valence-corrected chi connectivity index (χ4v) is 12.3. The topological polar surface area (TPSA) is 11.4 Å². The third-order valence-corrected chi connectivity index (χ3v) is 15.4. The molecule has 0 radical (unpaired) electrons. The van der Waals surface area contributed by atoms with Gasteiger partial charge in [-0.1, -0.05) is 182 Å². The molecule has 0 atom stereocenters. The fraction of sp³-hybridized carbons (Fsp3) is 0.0141. The van der Waals surface area contributed by atoms with E-state index in [2.05, 4.69) is 210 Å². The number of aromatic nitrogens is 1. The van der Waals surface area contributed by atoms with Crippen LogP contribution in [0.4, 0.5) is 34.1 Å². The monoisotopic (exact) mass is 945 g/mol. The highest BCUT2D eigenvalue weighted by molar-refractivity contribution is 6.11. The maximum atomic E-state index is 9.87. The van der Waals surface area contributed by atoms with Crippen molar-refractivity contribution in [3.05, 3.63) is 307 Å². The zero-order valence-electron chi connectivity index (χ0n) is 44.2. The van der Waals surface area contributed by atoms with Crippen LogP contribution in [-0.4, -0.2) is 4.57 Å².